The molecule has 3 N–H and O–H groups in total. The molecule has 0 aromatic carbocycles. The first-order valence-electron chi connectivity index (χ1n) is 5.76. The van der Waals surface area contributed by atoms with Gasteiger partial charge in [0.1, 0.15) is 4.90 Å². The van der Waals surface area contributed by atoms with Crippen LogP contribution in [-0.2, 0) is 16.6 Å². The normalized spacial score (nSPS) is 13.8. The molecule has 1 aromatic heterocycles. The fraction of sp³-hybridized carbons (Fsp3) is 0.700. The minimum absolute atomic E-state index is 0.0502. The first kappa shape index (κ1) is 14.0. The Morgan fingerprint density at radius 3 is 2.71 bits per heavy atom. The van der Waals surface area contributed by atoms with Gasteiger partial charge in [0.25, 0.3) is 0 Å². The number of nitrogen functional groups attached to an aromatic ring is 1. The van der Waals surface area contributed by atoms with Gasteiger partial charge in [-0.3, -0.25) is 4.68 Å². The molecule has 0 amide bonds. The predicted molar refractivity (Wildman–Crippen MR) is 67.0 cm³/mol. The SMILES string of the molecule is CCCn1cc(S(=O)(=O)NC(C)CC)c(N)n1. The van der Waals surface area contributed by atoms with E-state index in [1.807, 2.05) is 20.8 Å². The van der Waals surface area contributed by atoms with Crippen LogP contribution in [0.5, 0.6) is 0 Å². The molecule has 0 aliphatic heterocycles. The van der Waals surface area contributed by atoms with E-state index in [1.54, 1.807) is 4.68 Å². The van der Waals surface area contributed by atoms with Crippen LogP contribution >= 0.6 is 0 Å². The van der Waals surface area contributed by atoms with Gasteiger partial charge in [-0.1, -0.05) is 13.8 Å². The number of anilines is 1. The van der Waals surface area contributed by atoms with Crippen molar-refractivity contribution < 1.29 is 8.42 Å². The molecule has 0 aliphatic carbocycles. The predicted octanol–water partition coefficient (Wildman–Crippen LogP) is 0.952. The molecule has 0 spiro atoms. The van der Waals surface area contributed by atoms with Crippen LogP contribution in [0.4, 0.5) is 5.82 Å². The molecule has 1 unspecified atom stereocenters. The van der Waals surface area contributed by atoms with Gasteiger partial charge in [-0.2, -0.15) is 5.10 Å². The van der Waals surface area contributed by atoms with Gasteiger partial charge < -0.3 is 5.73 Å². The summed E-state index contributed by atoms with van der Waals surface area (Å²) in [6, 6.07) is -0.117. The summed E-state index contributed by atoms with van der Waals surface area (Å²) in [6.45, 7) is 6.37. The summed E-state index contributed by atoms with van der Waals surface area (Å²) >= 11 is 0. The molecule has 6 nitrogen and oxygen atoms in total. The second-order valence-electron chi connectivity index (χ2n) is 4.07. The maximum absolute atomic E-state index is 12.0. The van der Waals surface area contributed by atoms with Crippen molar-refractivity contribution in [1.82, 2.24) is 14.5 Å². The van der Waals surface area contributed by atoms with Gasteiger partial charge >= 0.3 is 0 Å². The number of nitrogens with two attached hydrogens (primary N) is 1. The molecule has 0 radical (unpaired) electrons. The van der Waals surface area contributed by atoms with E-state index in [0.717, 1.165) is 12.8 Å². The molecular formula is C10H20N4O2S. The lowest BCUT2D eigenvalue weighted by Gasteiger charge is -2.10. The minimum Gasteiger partial charge on any atom is -0.381 e. The van der Waals surface area contributed by atoms with Crippen LogP contribution in [0.2, 0.25) is 0 Å². The van der Waals surface area contributed by atoms with Gasteiger partial charge in [-0.15, -0.1) is 0 Å². The largest absolute Gasteiger partial charge is 0.381 e. The monoisotopic (exact) mass is 260 g/mol. The minimum atomic E-state index is -3.56. The first-order valence-corrected chi connectivity index (χ1v) is 7.24. The molecular weight excluding hydrogens is 240 g/mol. The Bertz CT molecular complexity index is 467. The molecule has 0 fully saturated rings. The van der Waals surface area contributed by atoms with E-state index in [4.69, 9.17) is 5.73 Å². The summed E-state index contributed by atoms with van der Waals surface area (Å²) in [7, 11) is -3.56. The van der Waals surface area contributed by atoms with Crippen LogP contribution in [-0.4, -0.2) is 24.2 Å². The molecule has 0 saturated heterocycles. The lowest BCUT2D eigenvalue weighted by Crippen LogP contribution is -2.32. The molecule has 98 valence electrons. The maximum atomic E-state index is 12.0. The van der Waals surface area contributed by atoms with Crippen LogP contribution in [0, 0.1) is 0 Å². The van der Waals surface area contributed by atoms with E-state index in [9.17, 15) is 8.42 Å². The van der Waals surface area contributed by atoms with Crippen LogP contribution in [0.3, 0.4) is 0 Å². The number of aromatic nitrogens is 2. The standard InChI is InChI=1S/C10H20N4O2S/c1-4-6-14-7-9(10(11)12-14)17(15,16)13-8(3)5-2/h7-8,13H,4-6H2,1-3H3,(H2,11,12). The number of hydrogen-bond donors (Lipinski definition) is 2. The lowest BCUT2D eigenvalue weighted by atomic mass is 10.3. The second kappa shape index (κ2) is 5.50. The van der Waals surface area contributed by atoms with E-state index >= 15 is 0 Å². The van der Waals surface area contributed by atoms with Gasteiger partial charge in [0.15, 0.2) is 5.82 Å². The Balaban J connectivity index is 2.98. The van der Waals surface area contributed by atoms with E-state index in [1.165, 1.54) is 6.20 Å². The Hall–Kier alpha value is -1.08. The zero-order valence-electron chi connectivity index (χ0n) is 10.5. The molecule has 0 bridgehead atoms. The van der Waals surface area contributed by atoms with Crippen LogP contribution in [0.25, 0.3) is 0 Å². The topological polar surface area (TPSA) is 90.0 Å². The molecule has 0 aliphatic rings. The highest BCUT2D eigenvalue weighted by Crippen LogP contribution is 2.16. The number of nitrogens with one attached hydrogen (secondary N) is 1. The average Bonchev–Trinajstić information content (AvgIpc) is 2.60. The van der Waals surface area contributed by atoms with Crippen molar-refractivity contribution in [3.05, 3.63) is 6.20 Å². The third kappa shape index (κ3) is 3.44. The number of aryl methyl sites for hydroxylation is 1. The van der Waals surface area contributed by atoms with Crippen molar-refractivity contribution in [2.24, 2.45) is 0 Å². The second-order valence-corrected chi connectivity index (χ2v) is 5.75. The number of nitrogens with zero attached hydrogens (tertiary/aromatic N) is 2. The van der Waals surface area contributed by atoms with Crippen LogP contribution in [0.15, 0.2) is 11.1 Å². The van der Waals surface area contributed by atoms with Gasteiger partial charge in [0.05, 0.1) is 0 Å². The Kier molecular flexibility index (Phi) is 4.53. The quantitative estimate of drug-likeness (QED) is 0.797. The van der Waals surface area contributed by atoms with Gasteiger partial charge in [0.2, 0.25) is 10.0 Å². The van der Waals surface area contributed by atoms with Crippen molar-refractivity contribution in [2.75, 3.05) is 5.73 Å². The number of hydrogen-bond acceptors (Lipinski definition) is 4. The molecule has 1 atom stereocenters. The zero-order chi connectivity index (χ0) is 13.1. The number of rotatable bonds is 6. The van der Waals surface area contributed by atoms with E-state index in [-0.39, 0.29) is 16.8 Å². The van der Waals surface area contributed by atoms with Gasteiger partial charge in [-0.25, -0.2) is 13.1 Å². The maximum Gasteiger partial charge on any atom is 0.246 e. The summed E-state index contributed by atoms with van der Waals surface area (Å²) in [5.74, 6) is 0.0502. The van der Waals surface area contributed by atoms with E-state index in [2.05, 4.69) is 9.82 Å². The van der Waals surface area contributed by atoms with Gasteiger partial charge in [-0.05, 0) is 19.8 Å². The zero-order valence-corrected chi connectivity index (χ0v) is 11.3. The average molecular weight is 260 g/mol. The highest BCUT2D eigenvalue weighted by molar-refractivity contribution is 7.89. The third-order valence-electron chi connectivity index (χ3n) is 2.47. The highest BCUT2D eigenvalue weighted by atomic mass is 32.2. The van der Waals surface area contributed by atoms with Crippen LogP contribution < -0.4 is 10.5 Å². The molecule has 7 heteroatoms. The molecule has 1 aromatic rings. The highest BCUT2D eigenvalue weighted by Gasteiger charge is 2.22. The summed E-state index contributed by atoms with van der Waals surface area (Å²) in [6.07, 6.45) is 3.07. The van der Waals surface area contributed by atoms with Crippen molar-refractivity contribution in [1.29, 1.82) is 0 Å². The summed E-state index contributed by atoms with van der Waals surface area (Å²) in [5.41, 5.74) is 5.62. The first-order chi connectivity index (χ1) is 7.90. The fourth-order valence-corrected chi connectivity index (χ4v) is 2.78. The Morgan fingerprint density at radius 1 is 1.53 bits per heavy atom. The Morgan fingerprint density at radius 2 is 2.18 bits per heavy atom. The van der Waals surface area contributed by atoms with Crippen LogP contribution in [0.1, 0.15) is 33.6 Å². The van der Waals surface area contributed by atoms with Crippen molar-refractivity contribution in [3.63, 3.8) is 0 Å². The Labute approximate surface area is 102 Å². The van der Waals surface area contributed by atoms with Crippen molar-refractivity contribution >= 4 is 15.8 Å². The van der Waals surface area contributed by atoms with E-state index < -0.39 is 10.0 Å². The molecule has 1 heterocycles. The fourth-order valence-electron chi connectivity index (χ4n) is 1.38. The number of sulfonamides is 1. The summed E-state index contributed by atoms with van der Waals surface area (Å²) in [4.78, 5) is 0.0613. The molecule has 0 saturated carbocycles. The molecule has 17 heavy (non-hydrogen) atoms. The smallest absolute Gasteiger partial charge is 0.246 e. The van der Waals surface area contributed by atoms with Gasteiger partial charge in [0, 0.05) is 18.8 Å². The van der Waals surface area contributed by atoms with E-state index in [0.29, 0.717) is 6.54 Å². The summed E-state index contributed by atoms with van der Waals surface area (Å²) < 4.78 is 28.1. The third-order valence-corrected chi connectivity index (χ3v) is 4.07. The lowest BCUT2D eigenvalue weighted by molar-refractivity contribution is 0.555. The van der Waals surface area contributed by atoms with Crippen molar-refractivity contribution in [2.45, 2.75) is 51.1 Å². The molecule has 1 rings (SSSR count). The summed E-state index contributed by atoms with van der Waals surface area (Å²) in [5, 5.41) is 3.98. The van der Waals surface area contributed by atoms with Crippen molar-refractivity contribution in [3.8, 4) is 0 Å².